The first-order chi connectivity index (χ1) is 16.6. The Morgan fingerprint density at radius 1 is 0.529 bits per heavy atom. The molecular formula is C28H30O6. The van der Waals surface area contributed by atoms with Gasteiger partial charge in [0.25, 0.3) is 0 Å². The topological polar surface area (TPSA) is 71.1 Å². The number of carbonyl (C=O) groups excluding carboxylic acids is 2. The Hall–Kier alpha value is -3.80. The maximum Gasteiger partial charge on any atom is 0.343 e. The minimum Gasteiger partial charge on any atom is -0.494 e. The van der Waals surface area contributed by atoms with E-state index in [1.54, 1.807) is 48.5 Å². The van der Waals surface area contributed by atoms with Crippen molar-refractivity contribution in [2.75, 3.05) is 13.2 Å². The summed E-state index contributed by atoms with van der Waals surface area (Å²) < 4.78 is 22.0. The van der Waals surface area contributed by atoms with Gasteiger partial charge in [0.2, 0.25) is 0 Å². The minimum atomic E-state index is -0.516. The van der Waals surface area contributed by atoms with Gasteiger partial charge in [0.05, 0.1) is 24.3 Å². The van der Waals surface area contributed by atoms with Gasteiger partial charge < -0.3 is 18.9 Å². The smallest absolute Gasteiger partial charge is 0.343 e. The van der Waals surface area contributed by atoms with E-state index in [9.17, 15) is 9.59 Å². The molecule has 0 aliphatic heterocycles. The van der Waals surface area contributed by atoms with Crippen molar-refractivity contribution in [2.24, 2.45) is 0 Å². The predicted molar refractivity (Wildman–Crippen MR) is 130 cm³/mol. The van der Waals surface area contributed by atoms with Crippen LogP contribution >= 0.6 is 0 Å². The van der Waals surface area contributed by atoms with E-state index in [1.165, 1.54) is 24.3 Å². The third-order valence-electron chi connectivity index (χ3n) is 4.96. The van der Waals surface area contributed by atoms with Crippen molar-refractivity contribution in [1.82, 2.24) is 0 Å². The number of ether oxygens (including phenoxy) is 4. The first-order valence-electron chi connectivity index (χ1n) is 11.6. The highest BCUT2D eigenvalue weighted by atomic mass is 16.5. The van der Waals surface area contributed by atoms with Crippen molar-refractivity contribution < 1.29 is 28.5 Å². The summed E-state index contributed by atoms with van der Waals surface area (Å²) in [5.41, 5.74) is 0.654. The molecule has 0 amide bonds. The van der Waals surface area contributed by atoms with Crippen LogP contribution in [0, 0.1) is 0 Å². The summed E-state index contributed by atoms with van der Waals surface area (Å²) in [7, 11) is 0. The zero-order chi connectivity index (χ0) is 24.2. The summed E-state index contributed by atoms with van der Waals surface area (Å²) in [4.78, 5) is 24.9. The average Bonchev–Trinajstić information content (AvgIpc) is 2.86. The van der Waals surface area contributed by atoms with Crippen LogP contribution in [0.4, 0.5) is 0 Å². The van der Waals surface area contributed by atoms with Crippen molar-refractivity contribution in [3.05, 3.63) is 83.9 Å². The Morgan fingerprint density at radius 3 is 1.18 bits per heavy atom. The summed E-state index contributed by atoms with van der Waals surface area (Å²) in [6.07, 6.45) is 4.10. The first kappa shape index (κ1) is 24.8. The van der Waals surface area contributed by atoms with Crippen molar-refractivity contribution in [2.45, 2.75) is 39.5 Å². The van der Waals surface area contributed by atoms with Crippen LogP contribution in [-0.2, 0) is 0 Å². The Labute approximate surface area is 200 Å². The van der Waals surface area contributed by atoms with Crippen molar-refractivity contribution in [1.29, 1.82) is 0 Å². The number of rotatable bonds is 12. The number of hydrogen-bond acceptors (Lipinski definition) is 6. The molecule has 0 spiro atoms. The quantitative estimate of drug-likeness (QED) is 0.174. The molecule has 3 rings (SSSR count). The minimum absolute atomic E-state index is 0.327. The Balaban J connectivity index is 1.51. The highest BCUT2D eigenvalue weighted by Crippen LogP contribution is 2.21. The number of hydrogen-bond donors (Lipinski definition) is 0. The van der Waals surface area contributed by atoms with Crippen LogP contribution in [0.2, 0.25) is 0 Å². The molecule has 0 aliphatic carbocycles. The van der Waals surface area contributed by atoms with E-state index in [4.69, 9.17) is 18.9 Å². The Morgan fingerprint density at radius 2 is 0.853 bits per heavy atom. The molecule has 34 heavy (non-hydrogen) atoms. The van der Waals surface area contributed by atoms with E-state index in [0.717, 1.165) is 37.2 Å². The fourth-order valence-corrected chi connectivity index (χ4v) is 2.95. The predicted octanol–water partition coefficient (Wildman–Crippen LogP) is 6.48. The average molecular weight is 463 g/mol. The summed E-state index contributed by atoms with van der Waals surface area (Å²) in [6, 6.07) is 19.9. The van der Waals surface area contributed by atoms with E-state index >= 15 is 0 Å². The number of carbonyl (C=O) groups is 2. The monoisotopic (exact) mass is 462 g/mol. The lowest BCUT2D eigenvalue weighted by Crippen LogP contribution is -2.11. The molecule has 3 aromatic rings. The molecule has 178 valence electrons. The van der Waals surface area contributed by atoms with Gasteiger partial charge in [-0.15, -0.1) is 0 Å². The van der Waals surface area contributed by atoms with Crippen LogP contribution in [0.3, 0.4) is 0 Å². The number of benzene rings is 3. The van der Waals surface area contributed by atoms with Gasteiger partial charge in [-0.05, 0) is 85.6 Å². The maximum absolute atomic E-state index is 12.4. The molecule has 0 saturated heterocycles. The van der Waals surface area contributed by atoms with Crippen LogP contribution in [0.15, 0.2) is 72.8 Å². The second-order valence-electron chi connectivity index (χ2n) is 7.70. The molecule has 3 aromatic carbocycles. The molecule has 0 N–H and O–H groups in total. The lowest BCUT2D eigenvalue weighted by molar-refractivity contribution is 0.0720. The largest absolute Gasteiger partial charge is 0.494 e. The second-order valence-corrected chi connectivity index (χ2v) is 7.70. The highest BCUT2D eigenvalue weighted by Gasteiger charge is 2.13. The summed E-state index contributed by atoms with van der Waals surface area (Å²) in [6.45, 7) is 5.52. The van der Waals surface area contributed by atoms with Gasteiger partial charge in [0, 0.05) is 0 Å². The van der Waals surface area contributed by atoms with Crippen LogP contribution in [0.25, 0.3) is 0 Å². The van der Waals surface area contributed by atoms with Gasteiger partial charge in [0.15, 0.2) is 0 Å². The molecule has 0 radical (unpaired) electrons. The van der Waals surface area contributed by atoms with E-state index < -0.39 is 11.9 Å². The molecule has 6 heteroatoms. The number of unbranched alkanes of at least 4 members (excludes halogenated alkanes) is 2. The molecule has 0 fully saturated rings. The molecule has 0 heterocycles. The van der Waals surface area contributed by atoms with E-state index in [2.05, 4.69) is 13.8 Å². The summed E-state index contributed by atoms with van der Waals surface area (Å²) >= 11 is 0. The third-order valence-corrected chi connectivity index (χ3v) is 4.96. The standard InChI is InChI=1S/C28H30O6/c1-3-5-19-31-23-11-15-25(16-12-23)33-27(29)21-7-9-22(10-8-21)28(30)34-26-17-13-24(14-18-26)32-20-6-4-2/h7-18H,3-6,19-20H2,1-2H3. The molecule has 0 aromatic heterocycles. The lowest BCUT2D eigenvalue weighted by atomic mass is 10.1. The fourth-order valence-electron chi connectivity index (χ4n) is 2.95. The molecule has 6 nitrogen and oxygen atoms in total. The van der Waals surface area contributed by atoms with Gasteiger partial charge in [-0.3, -0.25) is 0 Å². The van der Waals surface area contributed by atoms with E-state index in [1.807, 2.05) is 0 Å². The second kappa shape index (κ2) is 13.0. The summed E-state index contributed by atoms with van der Waals surface area (Å²) in [5.74, 6) is 1.26. The summed E-state index contributed by atoms with van der Waals surface area (Å²) in [5, 5.41) is 0. The Bertz CT molecular complexity index is 953. The van der Waals surface area contributed by atoms with Crippen LogP contribution in [-0.4, -0.2) is 25.2 Å². The van der Waals surface area contributed by atoms with Gasteiger partial charge in [-0.2, -0.15) is 0 Å². The van der Waals surface area contributed by atoms with Gasteiger partial charge in [-0.25, -0.2) is 9.59 Å². The lowest BCUT2D eigenvalue weighted by Gasteiger charge is -2.09. The van der Waals surface area contributed by atoms with Crippen LogP contribution < -0.4 is 18.9 Å². The van der Waals surface area contributed by atoms with Gasteiger partial charge >= 0.3 is 11.9 Å². The molecule has 0 atom stereocenters. The highest BCUT2D eigenvalue weighted by molar-refractivity contribution is 5.94. The maximum atomic E-state index is 12.4. The normalized spacial score (nSPS) is 10.4. The molecule has 0 aliphatic rings. The van der Waals surface area contributed by atoms with Crippen LogP contribution in [0.1, 0.15) is 60.2 Å². The van der Waals surface area contributed by atoms with E-state index in [0.29, 0.717) is 35.8 Å². The number of esters is 2. The zero-order valence-electron chi connectivity index (χ0n) is 19.6. The van der Waals surface area contributed by atoms with E-state index in [-0.39, 0.29) is 0 Å². The molecule has 0 saturated carbocycles. The SMILES string of the molecule is CCCCOc1ccc(OC(=O)c2ccc(C(=O)Oc3ccc(OCCCC)cc3)cc2)cc1. The molecule has 0 bridgehead atoms. The molecular weight excluding hydrogens is 432 g/mol. The first-order valence-corrected chi connectivity index (χ1v) is 11.6. The van der Waals surface area contributed by atoms with Crippen molar-refractivity contribution in [3.63, 3.8) is 0 Å². The third kappa shape index (κ3) is 7.66. The fraction of sp³-hybridized carbons (Fsp3) is 0.286. The zero-order valence-corrected chi connectivity index (χ0v) is 19.6. The van der Waals surface area contributed by atoms with Crippen molar-refractivity contribution >= 4 is 11.9 Å². The van der Waals surface area contributed by atoms with Crippen LogP contribution in [0.5, 0.6) is 23.0 Å². The molecule has 0 unspecified atom stereocenters. The van der Waals surface area contributed by atoms with Crippen molar-refractivity contribution in [3.8, 4) is 23.0 Å². The Kier molecular flexibility index (Phi) is 9.52. The van der Waals surface area contributed by atoms with Gasteiger partial charge in [0.1, 0.15) is 23.0 Å². The van der Waals surface area contributed by atoms with Gasteiger partial charge in [-0.1, -0.05) is 26.7 Å².